The number of rotatable bonds is 10. The number of anilines is 2. The van der Waals surface area contributed by atoms with Crippen LogP contribution in [0.15, 0.2) is 96.1 Å². The van der Waals surface area contributed by atoms with E-state index in [9.17, 15) is 9.59 Å². The number of hydrogen-bond donors (Lipinski definition) is 1. The van der Waals surface area contributed by atoms with E-state index in [1.165, 1.54) is 33.9 Å². The van der Waals surface area contributed by atoms with Crippen LogP contribution in [0.4, 0.5) is 11.5 Å². The highest BCUT2D eigenvalue weighted by atomic mass is 16.5. The summed E-state index contributed by atoms with van der Waals surface area (Å²) in [5, 5.41) is 0. The van der Waals surface area contributed by atoms with Crippen LogP contribution in [0, 0.1) is 6.92 Å². The summed E-state index contributed by atoms with van der Waals surface area (Å²) in [7, 11) is 3.78. The Hall–Kier alpha value is -5.22. The molecule has 0 spiro atoms. The van der Waals surface area contributed by atoms with Crippen LogP contribution in [0.5, 0.6) is 5.75 Å². The fourth-order valence-corrected chi connectivity index (χ4v) is 5.24. The van der Waals surface area contributed by atoms with Gasteiger partial charge in [0.1, 0.15) is 24.2 Å². The molecular weight excluding hydrogens is 554 g/mol. The molecule has 3 aromatic carbocycles. The van der Waals surface area contributed by atoms with Gasteiger partial charge in [-0.25, -0.2) is 19.3 Å². The maximum Gasteiger partial charge on any atom is 0.339 e. The molecule has 1 amide bonds. The van der Waals surface area contributed by atoms with Crippen LogP contribution in [0.25, 0.3) is 22.5 Å². The number of nitrogens with zero attached hydrogens (tertiary/aromatic N) is 6. The number of carbonyl (C=O) groups is 1. The van der Waals surface area contributed by atoms with E-state index in [4.69, 9.17) is 10.5 Å². The van der Waals surface area contributed by atoms with Crippen molar-refractivity contribution in [3.8, 4) is 17.1 Å². The third-order valence-electron chi connectivity index (χ3n) is 7.86. The minimum Gasteiger partial charge on any atom is -0.489 e. The first-order valence-electron chi connectivity index (χ1n) is 14.6. The maximum absolute atomic E-state index is 14.0. The van der Waals surface area contributed by atoms with Crippen molar-refractivity contribution < 1.29 is 9.53 Å². The smallest absolute Gasteiger partial charge is 0.339 e. The zero-order valence-corrected chi connectivity index (χ0v) is 25.1. The quantitative estimate of drug-likeness (QED) is 0.236. The van der Waals surface area contributed by atoms with Crippen molar-refractivity contribution in [2.24, 2.45) is 0 Å². The van der Waals surface area contributed by atoms with E-state index < -0.39 is 0 Å². The number of nitrogens with two attached hydrogens (primary N) is 1. The molecule has 1 aliphatic carbocycles. The maximum atomic E-state index is 14.0. The standard InChI is InChI=1S/C34H35N7O3/c1-23-7-4-8-24(19-23)21-44-29-16-14-26(15-17-29)40-31-32(35)36-22-37-33(31)41(34(40)43)28-10-5-9-27(20-28)39(3)30(42)11-6-18-38(2)25-12-13-25/h4-11,14-17,19-20,22,25H,12-13,18,21H2,1-3H3,(H2,35,36,37)/b11-6+. The summed E-state index contributed by atoms with van der Waals surface area (Å²) in [4.78, 5) is 39.4. The predicted molar refractivity (Wildman–Crippen MR) is 173 cm³/mol. The van der Waals surface area contributed by atoms with Gasteiger partial charge in [0.2, 0.25) is 5.91 Å². The second-order valence-corrected chi connectivity index (χ2v) is 11.1. The number of hydrogen-bond acceptors (Lipinski definition) is 7. The molecule has 0 atom stereocenters. The number of aromatic nitrogens is 4. The normalized spacial score (nSPS) is 13.2. The number of fused-ring (bicyclic) bond motifs is 1. The molecular formula is C34H35N7O3. The zero-order chi connectivity index (χ0) is 30.8. The van der Waals surface area contributed by atoms with Crippen LogP contribution in [0.3, 0.4) is 0 Å². The predicted octanol–water partition coefficient (Wildman–Crippen LogP) is 4.65. The van der Waals surface area contributed by atoms with Crippen LogP contribution in [-0.4, -0.2) is 56.6 Å². The highest BCUT2D eigenvalue weighted by molar-refractivity contribution is 6.01. The van der Waals surface area contributed by atoms with E-state index in [0.717, 1.165) is 12.1 Å². The number of carbonyl (C=O) groups excluding carboxylic acids is 1. The lowest BCUT2D eigenvalue weighted by Crippen LogP contribution is -2.26. The summed E-state index contributed by atoms with van der Waals surface area (Å²) < 4.78 is 8.96. The summed E-state index contributed by atoms with van der Waals surface area (Å²) in [6.07, 6.45) is 7.24. The molecule has 2 N–H and O–H groups in total. The van der Waals surface area contributed by atoms with Gasteiger partial charge in [-0.2, -0.15) is 0 Å². The van der Waals surface area contributed by atoms with Crippen molar-refractivity contribution in [2.75, 3.05) is 31.3 Å². The van der Waals surface area contributed by atoms with Crippen LogP contribution in [0.2, 0.25) is 0 Å². The van der Waals surface area contributed by atoms with Gasteiger partial charge in [0.25, 0.3) is 0 Å². The molecule has 0 radical (unpaired) electrons. The van der Waals surface area contributed by atoms with Crippen LogP contribution in [0.1, 0.15) is 24.0 Å². The van der Waals surface area contributed by atoms with Gasteiger partial charge >= 0.3 is 5.69 Å². The van der Waals surface area contributed by atoms with Crippen molar-refractivity contribution in [1.29, 1.82) is 0 Å². The lowest BCUT2D eigenvalue weighted by Gasteiger charge is -2.17. The summed E-state index contributed by atoms with van der Waals surface area (Å²) >= 11 is 0. The Balaban J connectivity index is 1.29. The van der Waals surface area contributed by atoms with Crippen molar-refractivity contribution in [1.82, 2.24) is 24.0 Å². The molecule has 2 heterocycles. The largest absolute Gasteiger partial charge is 0.489 e. The summed E-state index contributed by atoms with van der Waals surface area (Å²) in [6, 6.07) is 23.2. The molecule has 44 heavy (non-hydrogen) atoms. The van der Waals surface area contributed by atoms with Gasteiger partial charge in [-0.05, 0) is 74.8 Å². The highest BCUT2D eigenvalue weighted by Crippen LogP contribution is 2.27. The van der Waals surface area contributed by atoms with E-state index in [0.29, 0.717) is 46.6 Å². The molecule has 0 saturated heterocycles. The van der Waals surface area contributed by atoms with E-state index in [1.54, 1.807) is 48.4 Å². The Morgan fingerprint density at radius 2 is 1.77 bits per heavy atom. The molecule has 0 aliphatic heterocycles. The molecule has 224 valence electrons. The number of ether oxygens (including phenoxy) is 1. The van der Waals surface area contributed by atoms with Crippen molar-refractivity contribution >= 4 is 28.6 Å². The van der Waals surface area contributed by atoms with Gasteiger partial charge < -0.3 is 15.4 Å². The second-order valence-electron chi connectivity index (χ2n) is 11.1. The lowest BCUT2D eigenvalue weighted by molar-refractivity contribution is -0.113. The van der Waals surface area contributed by atoms with Gasteiger partial charge in [-0.15, -0.1) is 0 Å². The monoisotopic (exact) mass is 589 g/mol. The Kier molecular flexibility index (Phi) is 7.99. The Bertz CT molecular complexity index is 1900. The fourth-order valence-electron chi connectivity index (χ4n) is 5.24. The number of amides is 1. The average molecular weight is 590 g/mol. The molecule has 0 unspecified atom stereocenters. The van der Waals surface area contributed by atoms with E-state index in [-0.39, 0.29) is 17.4 Å². The molecule has 2 aromatic heterocycles. The molecule has 1 fully saturated rings. The SMILES string of the molecule is Cc1cccc(COc2ccc(-n3c(=O)n(-c4cccc(N(C)C(=O)/C=C/CN(C)C5CC5)c4)c4ncnc(N)c43)cc2)c1. The average Bonchev–Trinajstić information content (AvgIpc) is 3.83. The summed E-state index contributed by atoms with van der Waals surface area (Å²) in [5.41, 5.74) is 10.7. The minimum atomic E-state index is -0.366. The van der Waals surface area contributed by atoms with Gasteiger partial charge in [0.05, 0.1) is 11.4 Å². The Morgan fingerprint density at radius 1 is 1.00 bits per heavy atom. The van der Waals surface area contributed by atoms with E-state index >= 15 is 0 Å². The van der Waals surface area contributed by atoms with Crippen molar-refractivity contribution in [3.05, 3.63) is 113 Å². The van der Waals surface area contributed by atoms with Crippen LogP contribution in [-0.2, 0) is 11.4 Å². The molecule has 0 bridgehead atoms. The van der Waals surface area contributed by atoms with E-state index in [1.807, 2.05) is 49.4 Å². The van der Waals surface area contributed by atoms with Gasteiger partial charge in [-0.3, -0.25) is 14.3 Å². The Morgan fingerprint density at radius 3 is 2.52 bits per heavy atom. The first kappa shape index (κ1) is 28.9. The first-order chi connectivity index (χ1) is 21.3. The number of imidazole rings is 1. The summed E-state index contributed by atoms with van der Waals surface area (Å²) in [5.74, 6) is 0.692. The highest BCUT2D eigenvalue weighted by Gasteiger charge is 2.25. The molecule has 1 aliphatic rings. The fraction of sp³-hybridized carbons (Fsp3) is 0.235. The Labute approximate surface area is 255 Å². The third-order valence-corrected chi connectivity index (χ3v) is 7.86. The van der Waals surface area contributed by atoms with Crippen molar-refractivity contribution in [2.45, 2.75) is 32.4 Å². The van der Waals surface area contributed by atoms with Gasteiger partial charge in [0.15, 0.2) is 11.5 Å². The summed E-state index contributed by atoms with van der Waals surface area (Å²) in [6.45, 7) is 3.20. The molecule has 10 nitrogen and oxygen atoms in total. The topological polar surface area (TPSA) is 112 Å². The van der Waals surface area contributed by atoms with E-state index in [2.05, 4.69) is 28.0 Å². The minimum absolute atomic E-state index is 0.155. The zero-order valence-electron chi connectivity index (χ0n) is 25.1. The molecule has 5 aromatic rings. The van der Waals surface area contributed by atoms with Crippen LogP contribution < -0.4 is 21.1 Å². The lowest BCUT2D eigenvalue weighted by atomic mass is 10.1. The van der Waals surface area contributed by atoms with Crippen LogP contribution >= 0.6 is 0 Å². The molecule has 6 rings (SSSR count). The third kappa shape index (κ3) is 5.97. The van der Waals surface area contributed by atoms with Crippen molar-refractivity contribution in [3.63, 3.8) is 0 Å². The van der Waals surface area contributed by atoms with Gasteiger partial charge in [-0.1, -0.05) is 42.0 Å². The first-order valence-corrected chi connectivity index (χ1v) is 14.6. The molecule has 1 saturated carbocycles. The number of aryl methyl sites for hydroxylation is 1. The molecule has 10 heteroatoms. The number of likely N-dealkylation sites (N-methyl/N-ethyl adjacent to an activating group) is 2. The van der Waals surface area contributed by atoms with Gasteiger partial charge in [0, 0.05) is 31.4 Å². The second kappa shape index (κ2) is 12.2. The number of benzene rings is 3. The number of nitrogen functional groups attached to an aromatic ring is 1.